The topological polar surface area (TPSA) is 36.1 Å². The number of benzene rings is 2. The van der Waals surface area contributed by atoms with E-state index in [1.165, 1.54) is 16.5 Å². The predicted molar refractivity (Wildman–Crippen MR) is 103 cm³/mol. The number of hydrogen-bond acceptors (Lipinski definition) is 1. The van der Waals surface area contributed by atoms with Crippen LogP contribution in [-0.4, -0.2) is 28.9 Å². The molecular formula is C20H18Cl2N2O. The fraction of sp³-hybridized carbons (Fsp3) is 0.250. The smallest absolute Gasteiger partial charge is 0.253 e. The van der Waals surface area contributed by atoms with Gasteiger partial charge in [0.1, 0.15) is 0 Å². The van der Waals surface area contributed by atoms with Gasteiger partial charge in [0.05, 0.1) is 0 Å². The Morgan fingerprint density at radius 1 is 1.04 bits per heavy atom. The van der Waals surface area contributed by atoms with Gasteiger partial charge in [-0.1, -0.05) is 41.4 Å². The minimum atomic E-state index is 0.00165. The second kappa shape index (κ2) is 6.74. The molecule has 0 atom stereocenters. The van der Waals surface area contributed by atoms with Crippen LogP contribution in [-0.2, 0) is 0 Å². The number of fused-ring (bicyclic) bond motifs is 1. The highest BCUT2D eigenvalue weighted by Gasteiger charge is 2.26. The normalized spacial score (nSPS) is 15.7. The molecule has 0 spiro atoms. The zero-order valence-corrected chi connectivity index (χ0v) is 15.1. The molecule has 2 aromatic carbocycles. The Hall–Kier alpha value is -1.97. The fourth-order valence-corrected chi connectivity index (χ4v) is 4.21. The molecule has 2 heterocycles. The van der Waals surface area contributed by atoms with E-state index in [9.17, 15) is 4.79 Å². The summed E-state index contributed by atoms with van der Waals surface area (Å²) in [6.07, 6.45) is 4.04. The number of aromatic nitrogens is 1. The number of hydrogen-bond donors (Lipinski definition) is 1. The maximum Gasteiger partial charge on any atom is 0.253 e. The number of amides is 1. The van der Waals surface area contributed by atoms with E-state index in [0.717, 1.165) is 25.9 Å². The van der Waals surface area contributed by atoms with E-state index in [1.807, 2.05) is 11.0 Å². The van der Waals surface area contributed by atoms with E-state index < -0.39 is 0 Å². The lowest BCUT2D eigenvalue weighted by Gasteiger charge is -2.32. The van der Waals surface area contributed by atoms with Crippen LogP contribution in [0.25, 0.3) is 10.9 Å². The Labute approximate surface area is 156 Å². The van der Waals surface area contributed by atoms with Gasteiger partial charge in [-0.15, -0.1) is 0 Å². The molecule has 0 radical (unpaired) electrons. The van der Waals surface area contributed by atoms with Crippen molar-refractivity contribution in [3.05, 3.63) is 69.8 Å². The number of para-hydroxylation sites is 1. The Morgan fingerprint density at radius 2 is 1.72 bits per heavy atom. The molecule has 1 aromatic heterocycles. The first-order valence-corrected chi connectivity index (χ1v) is 9.19. The Balaban J connectivity index is 1.48. The number of nitrogens with zero attached hydrogens (tertiary/aromatic N) is 1. The first kappa shape index (κ1) is 16.5. The van der Waals surface area contributed by atoms with Crippen molar-refractivity contribution in [2.75, 3.05) is 13.1 Å². The highest BCUT2D eigenvalue weighted by atomic mass is 35.5. The quantitative estimate of drug-likeness (QED) is 0.633. The van der Waals surface area contributed by atoms with Gasteiger partial charge in [0.15, 0.2) is 0 Å². The molecule has 1 fully saturated rings. The van der Waals surface area contributed by atoms with Gasteiger partial charge in [-0.2, -0.15) is 0 Å². The van der Waals surface area contributed by atoms with Crippen molar-refractivity contribution in [2.24, 2.45) is 0 Å². The molecule has 3 aromatic rings. The molecule has 0 saturated carbocycles. The lowest BCUT2D eigenvalue weighted by molar-refractivity contribution is 0.0713. The summed E-state index contributed by atoms with van der Waals surface area (Å²) in [4.78, 5) is 18.0. The number of rotatable bonds is 2. The first-order chi connectivity index (χ1) is 12.1. The number of H-pyrrole nitrogens is 1. The third-order valence-corrected chi connectivity index (χ3v) is 5.39. The lowest BCUT2D eigenvalue weighted by atomic mass is 9.89. The number of carbonyl (C=O) groups excluding carboxylic acids is 1. The van der Waals surface area contributed by atoms with Gasteiger partial charge in [0.25, 0.3) is 5.91 Å². The van der Waals surface area contributed by atoms with Crippen LogP contribution in [0, 0.1) is 0 Å². The summed E-state index contributed by atoms with van der Waals surface area (Å²) in [6, 6.07) is 13.4. The third-order valence-electron chi connectivity index (χ3n) is 4.95. The number of carbonyl (C=O) groups is 1. The summed E-state index contributed by atoms with van der Waals surface area (Å²) < 4.78 is 0. The van der Waals surface area contributed by atoms with Crippen LogP contribution in [0.5, 0.6) is 0 Å². The number of piperidine rings is 1. The molecule has 5 heteroatoms. The summed E-state index contributed by atoms with van der Waals surface area (Å²) in [6.45, 7) is 1.49. The van der Waals surface area contributed by atoms with Crippen LogP contribution in [0.4, 0.5) is 0 Å². The average molecular weight is 373 g/mol. The molecule has 1 aliphatic rings. The van der Waals surface area contributed by atoms with Crippen LogP contribution in [0.3, 0.4) is 0 Å². The SMILES string of the molecule is O=C(c1cc(Cl)cc(Cl)c1)N1CCC(c2c[nH]c3ccccc23)CC1. The summed E-state index contributed by atoms with van der Waals surface area (Å²) in [5, 5.41) is 2.27. The van der Waals surface area contributed by atoms with Crippen LogP contribution in [0.2, 0.25) is 10.0 Å². The van der Waals surface area contributed by atoms with Gasteiger partial charge in [0, 0.05) is 45.8 Å². The Kier molecular flexibility index (Phi) is 4.45. The van der Waals surface area contributed by atoms with E-state index in [2.05, 4.69) is 29.4 Å². The van der Waals surface area contributed by atoms with Crippen molar-refractivity contribution in [1.29, 1.82) is 0 Å². The minimum absolute atomic E-state index is 0.00165. The molecule has 1 aliphatic heterocycles. The summed E-state index contributed by atoms with van der Waals surface area (Å²) in [5.74, 6) is 0.477. The maximum atomic E-state index is 12.7. The molecule has 1 saturated heterocycles. The van der Waals surface area contributed by atoms with E-state index >= 15 is 0 Å². The van der Waals surface area contributed by atoms with E-state index in [0.29, 0.717) is 21.5 Å². The van der Waals surface area contributed by atoms with Crippen molar-refractivity contribution < 1.29 is 4.79 Å². The van der Waals surface area contributed by atoms with Gasteiger partial charge in [-0.05, 0) is 48.6 Å². The number of likely N-dealkylation sites (tertiary alicyclic amines) is 1. The van der Waals surface area contributed by atoms with Crippen LogP contribution < -0.4 is 0 Å². The van der Waals surface area contributed by atoms with Crippen LogP contribution in [0.15, 0.2) is 48.7 Å². The van der Waals surface area contributed by atoms with Gasteiger partial charge in [-0.3, -0.25) is 4.79 Å². The highest BCUT2D eigenvalue weighted by Crippen LogP contribution is 2.33. The molecule has 0 unspecified atom stereocenters. The van der Waals surface area contributed by atoms with E-state index in [4.69, 9.17) is 23.2 Å². The van der Waals surface area contributed by atoms with Crippen molar-refractivity contribution in [3.8, 4) is 0 Å². The Bertz CT molecular complexity index is 906. The zero-order valence-electron chi connectivity index (χ0n) is 13.6. The van der Waals surface area contributed by atoms with Crippen LogP contribution >= 0.6 is 23.2 Å². The molecule has 3 nitrogen and oxygen atoms in total. The minimum Gasteiger partial charge on any atom is -0.361 e. The molecule has 0 bridgehead atoms. The average Bonchev–Trinajstić information content (AvgIpc) is 3.04. The molecule has 128 valence electrons. The number of nitrogens with one attached hydrogen (secondary N) is 1. The lowest BCUT2D eigenvalue weighted by Crippen LogP contribution is -2.37. The standard InChI is InChI=1S/C20H18Cl2N2O/c21-15-9-14(10-16(22)11-15)20(25)24-7-5-13(6-8-24)18-12-23-19-4-2-1-3-17(18)19/h1-4,9-13,23H,5-8H2. The van der Waals surface area contributed by atoms with Crippen LogP contribution in [0.1, 0.15) is 34.7 Å². The highest BCUT2D eigenvalue weighted by molar-refractivity contribution is 6.35. The summed E-state index contributed by atoms with van der Waals surface area (Å²) in [7, 11) is 0. The molecule has 25 heavy (non-hydrogen) atoms. The predicted octanol–water partition coefficient (Wildman–Crippen LogP) is 5.49. The van der Waals surface area contributed by atoms with Gasteiger partial charge >= 0.3 is 0 Å². The molecule has 1 amide bonds. The van der Waals surface area contributed by atoms with E-state index in [-0.39, 0.29) is 5.91 Å². The number of aromatic amines is 1. The Morgan fingerprint density at radius 3 is 2.44 bits per heavy atom. The molecule has 1 N–H and O–H groups in total. The maximum absolute atomic E-state index is 12.7. The van der Waals surface area contributed by atoms with Crippen molar-refractivity contribution >= 4 is 40.0 Å². The van der Waals surface area contributed by atoms with E-state index in [1.54, 1.807) is 18.2 Å². The fourth-order valence-electron chi connectivity index (χ4n) is 3.69. The van der Waals surface area contributed by atoms with Crippen molar-refractivity contribution in [1.82, 2.24) is 9.88 Å². The van der Waals surface area contributed by atoms with Gasteiger partial charge in [-0.25, -0.2) is 0 Å². The second-order valence-electron chi connectivity index (χ2n) is 6.51. The molecule has 4 rings (SSSR count). The largest absolute Gasteiger partial charge is 0.361 e. The first-order valence-electron chi connectivity index (χ1n) is 8.43. The monoisotopic (exact) mass is 372 g/mol. The van der Waals surface area contributed by atoms with Crippen molar-refractivity contribution in [2.45, 2.75) is 18.8 Å². The number of halogens is 2. The summed E-state index contributed by atoms with van der Waals surface area (Å²) in [5.41, 5.74) is 3.08. The molecular weight excluding hydrogens is 355 g/mol. The van der Waals surface area contributed by atoms with Gasteiger partial charge < -0.3 is 9.88 Å². The molecule has 0 aliphatic carbocycles. The third kappa shape index (κ3) is 3.26. The zero-order chi connectivity index (χ0) is 17.4. The van der Waals surface area contributed by atoms with Crippen molar-refractivity contribution in [3.63, 3.8) is 0 Å². The van der Waals surface area contributed by atoms with Gasteiger partial charge in [0.2, 0.25) is 0 Å². The summed E-state index contributed by atoms with van der Waals surface area (Å²) >= 11 is 12.0. The second-order valence-corrected chi connectivity index (χ2v) is 7.39.